The lowest BCUT2D eigenvalue weighted by Gasteiger charge is -2.45. The molecule has 1 aromatic carbocycles. The average molecular weight is 280 g/mol. The van der Waals surface area contributed by atoms with E-state index < -0.39 is 0 Å². The Bertz CT molecular complexity index is 446. The van der Waals surface area contributed by atoms with Crippen molar-refractivity contribution in [2.45, 2.75) is 50.6 Å². The molecule has 104 valence electrons. The van der Waals surface area contributed by atoms with Crippen molar-refractivity contribution in [3.63, 3.8) is 0 Å². The van der Waals surface area contributed by atoms with Crippen molar-refractivity contribution in [3.8, 4) is 0 Å². The normalized spacial score (nSPS) is 27.2. The fourth-order valence-electron chi connectivity index (χ4n) is 3.43. The Hall–Kier alpha value is -0.730. The summed E-state index contributed by atoms with van der Waals surface area (Å²) in [6.45, 7) is 4.03. The number of ether oxygens (including phenoxy) is 1. The van der Waals surface area contributed by atoms with Crippen molar-refractivity contribution in [1.29, 1.82) is 0 Å². The summed E-state index contributed by atoms with van der Waals surface area (Å²) in [5.74, 6) is 0.598. The summed E-state index contributed by atoms with van der Waals surface area (Å²) in [6, 6.07) is 7.25. The van der Waals surface area contributed by atoms with E-state index in [2.05, 4.69) is 30.0 Å². The van der Waals surface area contributed by atoms with Crippen LogP contribution in [0.4, 0.5) is 5.69 Å². The van der Waals surface area contributed by atoms with Crippen molar-refractivity contribution >= 4 is 17.3 Å². The molecule has 3 rings (SSSR count). The smallest absolute Gasteiger partial charge is 0.0779 e. The van der Waals surface area contributed by atoms with Gasteiger partial charge in [-0.25, -0.2) is 0 Å². The lowest BCUT2D eigenvalue weighted by Crippen LogP contribution is -2.52. The second-order valence-corrected chi connectivity index (χ2v) is 5.97. The molecule has 2 nitrogen and oxygen atoms in total. The Balaban J connectivity index is 1.85. The van der Waals surface area contributed by atoms with E-state index in [0.717, 1.165) is 13.2 Å². The topological polar surface area (TPSA) is 12.5 Å². The van der Waals surface area contributed by atoms with Crippen LogP contribution in [0, 0.1) is 6.92 Å². The van der Waals surface area contributed by atoms with Gasteiger partial charge in [0, 0.05) is 18.1 Å². The highest BCUT2D eigenvalue weighted by molar-refractivity contribution is 6.17. The summed E-state index contributed by atoms with van der Waals surface area (Å²) < 4.78 is 5.95. The summed E-state index contributed by atoms with van der Waals surface area (Å²) in [7, 11) is 0. The summed E-state index contributed by atoms with van der Waals surface area (Å²) in [5.41, 5.74) is 3.87. The van der Waals surface area contributed by atoms with Crippen LogP contribution in [0.2, 0.25) is 0 Å². The van der Waals surface area contributed by atoms with Gasteiger partial charge < -0.3 is 9.64 Å². The summed E-state index contributed by atoms with van der Waals surface area (Å²) in [6.07, 6.45) is 5.58. The molecule has 1 heterocycles. The average Bonchev–Trinajstić information content (AvgIpc) is 2.46. The Morgan fingerprint density at radius 2 is 2.16 bits per heavy atom. The Morgan fingerprint density at radius 3 is 2.95 bits per heavy atom. The molecule has 2 fully saturated rings. The first kappa shape index (κ1) is 13.3. The molecule has 1 aliphatic heterocycles. The molecule has 2 atom stereocenters. The highest BCUT2D eigenvalue weighted by Gasteiger charge is 2.34. The zero-order valence-electron chi connectivity index (χ0n) is 11.6. The second kappa shape index (κ2) is 5.72. The lowest BCUT2D eigenvalue weighted by atomic mass is 9.89. The second-order valence-electron chi connectivity index (χ2n) is 5.70. The molecular formula is C16H22ClNO. The number of benzene rings is 1. The number of aryl methyl sites for hydroxylation is 1. The number of nitrogens with zero attached hydrogens (tertiary/aromatic N) is 1. The van der Waals surface area contributed by atoms with E-state index in [9.17, 15) is 0 Å². The van der Waals surface area contributed by atoms with Gasteiger partial charge in [-0.2, -0.15) is 0 Å². The standard InChI is InChI=1S/C16H22ClNO/c1-12-10-14(7-6-13(12)11-17)18-8-9-19-16-5-3-2-4-15(16)18/h6-7,10,15-16H,2-5,8-9,11H2,1H3. The maximum Gasteiger partial charge on any atom is 0.0779 e. The first-order valence-electron chi connectivity index (χ1n) is 7.33. The third-order valence-corrected chi connectivity index (χ3v) is 4.82. The third kappa shape index (κ3) is 2.61. The van der Waals surface area contributed by atoms with Gasteiger partial charge in [0.25, 0.3) is 0 Å². The van der Waals surface area contributed by atoms with Gasteiger partial charge >= 0.3 is 0 Å². The molecule has 1 aliphatic carbocycles. The quantitative estimate of drug-likeness (QED) is 0.762. The highest BCUT2D eigenvalue weighted by atomic mass is 35.5. The SMILES string of the molecule is Cc1cc(N2CCOC3CCCCC32)ccc1CCl. The predicted octanol–water partition coefficient (Wildman–Crippen LogP) is 3.88. The minimum absolute atomic E-state index is 0.440. The molecule has 2 unspecified atom stereocenters. The van der Waals surface area contributed by atoms with E-state index in [1.807, 2.05) is 0 Å². The molecule has 19 heavy (non-hydrogen) atoms. The minimum Gasteiger partial charge on any atom is -0.374 e. The van der Waals surface area contributed by atoms with Gasteiger partial charge in [-0.1, -0.05) is 18.9 Å². The molecule has 1 aromatic rings. The maximum atomic E-state index is 5.95. The number of halogens is 1. The number of hydrogen-bond donors (Lipinski definition) is 0. The highest BCUT2D eigenvalue weighted by Crippen LogP contribution is 2.32. The molecule has 0 bridgehead atoms. The lowest BCUT2D eigenvalue weighted by molar-refractivity contribution is -0.00868. The van der Waals surface area contributed by atoms with Crippen LogP contribution in [0.15, 0.2) is 18.2 Å². The molecule has 1 saturated carbocycles. The first-order valence-corrected chi connectivity index (χ1v) is 7.87. The molecule has 0 radical (unpaired) electrons. The number of alkyl halides is 1. The number of hydrogen-bond acceptors (Lipinski definition) is 2. The van der Waals surface area contributed by atoms with Gasteiger partial charge in [0.15, 0.2) is 0 Å². The van der Waals surface area contributed by atoms with E-state index in [0.29, 0.717) is 18.0 Å². The number of morpholine rings is 1. The summed E-state index contributed by atoms with van der Waals surface area (Å²) >= 11 is 5.95. The largest absolute Gasteiger partial charge is 0.374 e. The van der Waals surface area contributed by atoms with Crippen molar-refractivity contribution in [3.05, 3.63) is 29.3 Å². The molecule has 3 heteroatoms. The molecule has 0 amide bonds. The van der Waals surface area contributed by atoms with Crippen molar-refractivity contribution in [2.24, 2.45) is 0 Å². The molecule has 1 saturated heterocycles. The van der Waals surface area contributed by atoms with E-state index >= 15 is 0 Å². The van der Waals surface area contributed by atoms with E-state index in [-0.39, 0.29) is 0 Å². The first-order chi connectivity index (χ1) is 9.29. The van der Waals surface area contributed by atoms with Gasteiger partial charge in [-0.3, -0.25) is 0 Å². The number of fused-ring (bicyclic) bond motifs is 1. The molecule has 0 spiro atoms. The molecule has 2 aliphatic rings. The van der Waals surface area contributed by atoms with Gasteiger partial charge in [0.05, 0.1) is 18.8 Å². The van der Waals surface area contributed by atoms with Crippen LogP contribution >= 0.6 is 11.6 Å². The molecule has 0 aromatic heterocycles. The van der Waals surface area contributed by atoms with Crippen LogP contribution in [0.3, 0.4) is 0 Å². The van der Waals surface area contributed by atoms with Crippen LogP contribution in [-0.4, -0.2) is 25.3 Å². The molecular weight excluding hydrogens is 258 g/mol. The van der Waals surface area contributed by atoms with Crippen LogP contribution in [0.25, 0.3) is 0 Å². The third-order valence-electron chi connectivity index (χ3n) is 4.53. The summed E-state index contributed by atoms with van der Waals surface area (Å²) in [5, 5.41) is 0. The van der Waals surface area contributed by atoms with E-state index in [4.69, 9.17) is 16.3 Å². The number of rotatable bonds is 2. The van der Waals surface area contributed by atoms with Gasteiger partial charge in [0.1, 0.15) is 0 Å². The van der Waals surface area contributed by atoms with Crippen LogP contribution in [-0.2, 0) is 10.6 Å². The predicted molar refractivity (Wildman–Crippen MR) is 80.1 cm³/mol. The van der Waals surface area contributed by atoms with Gasteiger partial charge in [0.2, 0.25) is 0 Å². The Morgan fingerprint density at radius 1 is 1.32 bits per heavy atom. The minimum atomic E-state index is 0.440. The molecule has 0 N–H and O–H groups in total. The Labute approximate surface area is 120 Å². The van der Waals surface area contributed by atoms with E-state index in [1.54, 1.807) is 0 Å². The van der Waals surface area contributed by atoms with Crippen LogP contribution < -0.4 is 4.90 Å². The van der Waals surface area contributed by atoms with E-state index in [1.165, 1.54) is 42.5 Å². The van der Waals surface area contributed by atoms with Crippen LogP contribution in [0.5, 0.6) is 0 Å². The van der Waals surface area contributed by atoms with Gasteiger partial charge in [-0.15, -0.1) is 11.6 Å². The fraction of sp³-hybridized carbons (Fsp3) is 0.625. The van der Waals surface area contributed by atoms with Crippen molar-refractivity contribution in [1.82, 2.24) is 0 Å². The zero-order chi connectivity index (χ0) is 13.2. The Kier molecular flexibility index (Phi) is 3.99. The van der Waals surface area contributed by atoms with Crippen molar-refractivity contribution < 1.29 is 4.74 Å². The van der Waals surface area contributed by atoms with Crippen LogP contribution in [0.1, 0.15) is 36.8 Å². The fourth-order valence-corrected chi connectivity index (χ4v) is 3.73. The summed E-state index contributed by atoms with van der Waals surface area (Å²) in [4.78, 5) is 2.55. The number of anilines is 1. The zero-order valence-corrected chi connectivity index (χ0v) is 12.3. The van der Waals surface area contributed by atoms with Gasteiger partial charge in [-0.05, 0) is 43.0 Å². The maximum absolute atomic E-state index is 5.95. The monoisotopic (exact) mass is 279 g/mol. The van der Waals surface area contributed by atoms with Crippen molar-refractivity contribution in [2.75, 3.05) is 18.1 Å².